The fourth-order valence-electron chi connectivity index (χ4n) is 1.49. The molecule has 0 amide bonds. The highest BCUT2D eigenvalue weighted by Crippen LogP contribution is 2.22. The maximum Gasteiger partial charge on any atom is 0.433 e. The van der Waals surface area contributed by atoms with Gasteiger partial charge in [-0.05, 0) is 23.6 Å². The van der Waals surface area contributed by atoms with E-state index in [1.807, 2.05) is 17.5 Å². The molecule has 7 nitrogen and oxygen atoms in total. The lowest BCUT2D eigenvalue weighted by Crippen LogP contribution is -1.82. The van der Waals surface area contributed by atoms with Crippen LogP contribution in [-0.2, 0) is 0 Å². The predicted octanol–water partition coefficient (Wildman–Crippen LogP) is 3.47. The molecule has 3 aromatic heterocycles. The first-order valence-electron chi connectivity index (χ1n) is 5.52. The lowest BCUT2D eigenvalue weighted by molar-refractivity contribution is -0.402. The third kappa shape index (κ3) is 2.50. The maximum absolute atomic E-state index is 10.5. The third-order valence-electron chi connectivity index (χ3n) is 2.37. The van der Waals surface area contributed by atoms with E-state index >= 15 is 0 Å². The summed E-state index contributed by atoms with van der Waals surface area (Å²) in [6.07, 6.45) is 3.06. The van der Waals surface area contributed by atoms with E-state index in [1.54, 1.807) is 0 Å². The van der Waals surface area contributed by atoms with Crippen LogP contribution in [-0.4, -0.2) is 15.1 Å². The molecule has 8 heteroatoms. The summed E-state index contributed by atoms with van der Waals surface area (Å²) in [5.41, 5.74) is 0. The van der Waals surface area contributed by atoms with E-state index in [1.165, 1.54) is 35.6 Å². The van der Waals surface area contributed by atoms with Crippen LogP contribution in [0.25, 0.3) is 22.9 Å². The molecule has 3 aromatic rings. The number of thiophene rings is 1. The highest BCUT2D eigenvalue weighted by atomic mass is 32.1. The maximum atomic E-state index is 10.5. The molecule has 0 aromatic carbocycles. The van der Waals surface area contributed by atoms with Gasteiger partial charge in [0.05, 0.1) is 10.9 Å². The molecule has 0 saturated carbocycles. The van der Waals surface area contributed by atoms with Gasteiger partial charge in [-0.15, -0.1) is 11.3 Å². The van der Waals surface area contributed by atoms with Crippen molar-refractivity contribution < 1.29 is 13.9 Å². The highest BCUT2D eigenvalue weighted by molar-refractivity contribution is 7.13. The molecule has 0 atom stereocenters. The fourth-order valence-corrected chi connectivity index (χ4v) is 2.14. The van der Waals surface area contributed by atoms with Crippen molar-refractivity contribution in [3.63, 3.8) is 0 Å². The van der Waals surface area contributed by atoms with Crippen molar-refractivity contribution in [3.8, 4) is 10.7 Å². The average molecular weight is 289 g/mol. The van der Waals surface area contributed by atoms with Crippen molar-refractivity contribution in [2.75, 3.05) is 0 Å². The van der Waals surface area contributed by atoms with Crippen molar-refractivity contribution >= 4 is 29.4 Å². The lowest BCUT2D eigenvalue weighted by atomic mass is 10.4. The van der Waals surface area contributed by atoms with E-state index in [4.69, 9.17) is 8.94 Å². The summed E-state index contributed by atoms with van der Waals surface area (Å²) >= 11 is 1.51. The minimum Gasteiger partial charge on any atom is -0.401 e. The number of nitro groups is 1. The molecular formula is C12H7N3O4S. The Kier molecular flexibility index (Phi) is 3.13. The molecule has 0 aliphatic heterocycles. The standard InChI is InChI=1S/C12H7N3O4S/c16-15(17)11-6-4-8(18-11)3-5-10-13-12(14-19-10)9-2-1-7-20-9/h1-7H/b5-3+. The van der Waals surface area contributed by atoms with Crippen LogP contribution < -0.4 is 0 Å². The Labute approximate surface area is 116 Å². The molecular weight excluding hydrogens is 282 g/mol. The number of rotatable bonds is 4. The van der Waals surface area contributed by atoms with E-state index in [2.05, 4.69) is 10.1 Å². The van der Waals surface area contributed by atoms with Gasteiger partial charge in [-0.25, -0.2) is 0 Å². The van der Waals surface area contributed by atoms with E-state index in [0.29, 0.717) is 17.5 Å². The van der Waals surface area contributed by atoms with Crippen molar-refractivity contribution in [2.24, 2.45) is 0 Å². The molecule has 0 radical (unpaired) electrons. The van der Waals surface area contributed by atoms with Gasteiger partial charge in [0.25, 0.3) is 5.89 Å². The van der Waals surface area contributed by atoms with Crippen molar-refractivity contribution in [3.05, 3.63) is 51.4 Å². The number of aromatic nitrogens is 2. The van der Waals surface area contributed by atoms with Gasteiger partial charge >= 0.3 is 5.88 Å². The number of nitrogens with zero attached hydrogens (tertiary/aromatic N) is 3. The van der Waals surface area contributed by atoms with Crippen LogP contribution in [0, 0.1) is 10.1 Å². The minimum atomic E-state index is -0.598. The topological polar surface area (TPSA) is 95.2 Å². The summed E-state index contributed by atoms with van der Waals surface area (Å²) in [7, 11) is 0. The fraction of sp³-hybridized carbons (Fsp3) is 0. The molecule has 3 rings (SSSR count). The molecule has 0 bridgehead atoms. The first-order chi connectivity index (χ1) is 9.72. The zero-order valence-corrected chi connectivity index (χ0v) is 10.7. The normalized spacial score (nSPS) is 11.2. The number of hydrogen-bond acceptors (Lipinski definition) is 7. The minimum absolute atomic E-state index is 0.299. The predicted molar refractivity (Wildman–Crippen MR) is 71.9 cm³/mol. The first-order valence-corrected chi connectivity index (χ1v) is 6.40. The van der Waals surface area contributed by atoms with Crippen LogP contribution in [0.4, 0.5) is 5.88 Å². The van der Waals surface area contributed by atoms with Crippen LogP contribution in [0.1, 0.15) is 11.7 Å². The van der Waals surface area contributed by atoms with Gasteiger partial charge in [-0.2, -0.15) is 4.98 Å². The Balaban J connectivity index is 1.77. The van der Waals surface area contributed by atoms with Gasteiger partial charge in [-0.1, -0.05) is 11.2 Å². The second-order valence-corrected chi connectivity index (χ2v) is 4.65. The van der Waals surface area contributed by atoms with Crippen LogP contribution in [0.3, 0.4) is 0 Å². The van der Waals surface area contributed by atoms with Crippen LogP contribution >= 0.6 is 11.3 Å². The molecule has 0 unspecified atom stereocenters. The smallest absolute Gasteiger partial charge is 0.401 e. The number of furan rings is 1. The highest BCUT2D eigenvalue weighted by Gasteiger charge is 2.11. The van der Waals surface area contributed by atoms with Crippen molar-refractivity contribution in [2.45, 2.75) is 0 Å². The quantitative estimate of drug-likeness (QED) is 0.539. The van der Waals surface area contributed by atoms with Crippen molar-refractivity contribution in [1.82, 2.24) is 10.1 Å². The molecule has 100 valence electrons. The number of hydrogen-bond donors (Lipinski definition) is 0. The van der Waals surface area contributed by atoms with Gasteiger partial charge in [0.1, 0.15) is 10.7 Å². The molecule has 3 heterocycles. The van der Waals surface area contributed by atoms with Crippen molar-refractivity contribution in [1.29, 1.82) is 0 Å². The molecule has 0 N–H and O–H groups in total. The van der Waals surface area contributed by atoms with Gasteiger partial charge in [0, 0.05) is 6.08 Å². The zero-order valence-electron chi connectivity index (χ0n) is 9.92. The molecule has 0 spiro atoms. The Morgan fingerprint density at radius 1 is 1.30 bits per heavy atom. The second-order valence-electron chi connectivity index (χ2n) is 3.70. The monoisotopic (exact) mass is 289 g/mol. The molecule has 0 saturated heterocycles. The second kappa shape index (κ2) is 5.10. The Morgan fingerprint density at radius 2 is 2.20 bits per heavy atom. The van der Waals surface area contributed by atoms with Crippen LogP contribution in [0.15, 0.2) is 38.6 Å². The molecule has 0 aliphatic rings. The van der Waals surface area contributed by atoms with Crippen LogP contribution in [0.5, 0.6) is 0 Å². The summed E-state index contributed by atoms with van der Waals surface area (Å²) in [5, 5.41) is 16.2. The average Bonchev–Trinajstić information content (AvgIpc) is 3.17. The summed E-state index contributed by atoms with van der Waals surface area (Å²) in [6.45, 7) is 0. The van der Waals surface area contributed by atoms with E-state index in [9.17, 15) is 10.1 Å². The Bertz CT molecular complexity index is 757. The molecule has 0 aliphatic carbocycles. The Morgan fingerprint density at radius 3 is 2.90 bits per heavy atom. The van der Waals surface area contributed by atoms with E-state index in [0.717, 1.165) is 4.88 Å². The zero-order chi connectivity index (χ0) is 13.9. The van der Waals surface area contributed by atoms with Gasteiger partial charge in [-0.3, -0.25) is 10.1 Å². The van der Waals surface area contributed by atoms with Gasteiger partial charge in [0.2, 0.25) is 5.82 Å². The molecule has 20 heavy (non-hydrogen) atoms. The van der Waals surface area contributed by atoms with E-state index < -0.39 is 4.92 Å². The first kappa shape index (κ1) is 12.3. The molecule has 0 fully saturated rings. The SMILES string of the molecule is O=[N+]([O-])c1ccc(/C=C/c2nc(-c3cccs3)no2)o1. The van der Waals surface area contributed by atoms with Gasteiger partial charge < -0.3 is 8.94 Å². The lowest BCUT2D eigenvalue weighted by Gasteiger charge is -1.83. The largest absolute Gasteiger partial charge is 0.433 e. The summed E-state index contributed by atoms with van der Waals surface area (Å²) in [6, 6.07) is 6.56. The van der Waals surface area contributed by atoms with E-state index in [-0.39, 0.29) is 5.88 Å². The third-order valence-corrected chi connectivity index (χ3v) is 3.23. The summed E-state index contributed by atoms with van der Waals surface area (Å²) in [4.78, 5) is 15.0. The summed E-state index contributed by atoms with van der Waals surface area (Å²) < 4.78 is 10.0. The van der Waals surface area contributed by atoms with Gasteiger partial charge in [0.15, 0.2) is 0 Å². The summed E-state index contributed by atoms with van der Waals surface area (Å²) in [5.74, 6) is 0.833. The van der Waals surface area contributed by atoms with Crippen LogP contribution in [0.2, 0.25) is 0 Å². The Hall–Kier alpha value is -2.74.